The molecule has 0 radical (unpaired) electrons. The summed E-state index contributed by atoms with van der Waals surface area (Å²) in [6.45, 7) is 4.12. The first kappa shape index (κ1) is 13.8. The van der Waals surface area contributed by atoms with E-state index in [1.54, 1.807) is 24.3 Å². The van der Waals surface area contributed by atoms with Crippen LogP contribution in [0.1, 0.15) is 56.3 Å². The quantitative estimate of drug-likeness (QED) is 0.567. The summed E-state index contributed by atoms with van der Waals surface area (Å²) in [7, 11) is 0. The Morgan fingerprint density at radius 1 is 1.24 bits per heavy atom. The number of benzene rings is 1. The van der Waals surface area contributed by atoms with E-state index in [1.165, 1.54) is 19.3 Å². The second-order valence-electron chi connectivity index (χ2n) is 4.63. The molecule has 2 heteroatoms. The number of carbonyl (C=O) groups excluding carboxylic acids is 1. The van der Waals surface area contributed by atoms with Gasteiger partial charge in [0.2, 0.25) is 0 Å². The molecule has 0 aliphatic rings. The Bertz CT molecular complexity index is 358. The molecule has 1 aromatic carbocycles. The largest absolute Gasteiger partial charge is 0.507 e. The number of unbranched alkanes of at least 4 members (excludes halogenated alkanes) is 3. The molecule has 1 rings (SSSR count). The molecule has 94 valence electrons. The summed E-state index contributed by atoms with van der Waals surface area (Å²) in [4.78, 5) is 12.1. The summed E-state index contributed by atoms with van der Waals surface area (Å²) in [5, 5.41) is 9.62. The Morgan fingerprint density at radius 2 is 1.94 bits per heavy atom. The van der Waals surface area contributed by atoms with Gasteiger partial charge in [-0.05, 0) is 18.6 Å². The molecule has 0 heterocycles. The zero-order chi connectivity index (χ0) is 12.7. The number of aromatic hydroxyl groups is 1. The van der Waals surface area contributed by atoms with Crippen molar-refractivity contribution in [3.63, 3.8) is 0 Å². The summed E-state index contributed by atoms with van der Waals surface area (Å²) in [6, 6.07) is 6.78. The second-order valence-corrected chi connectivity index (χ2v) is 4.63. The van der Waals surface area contributed by atoms with Gasteiger partial charge in [0.25, 0.3) is 0 Å². The Kier molecular flexibility index (Phi) is 5.75. The van der Waals surface area contributed by atoms with Crippen LogP contribution in [0.2, 0.25) is 0 Å². The van der Waals surface area contributed by atoms with Gasteiger partial charge in [-0.2, -0.15) is 0 Å². The van der Waals surface area contributed by atoms with Gasteiger partial charge in [0.15, 0.2) is 5.78 Å². The number of phenols is 1. The van der Waals surface area contributed by atoms with Gasteiger partial charge < -0.3 is 5.11 Å². The lowest BCUT2D eigenvalue weighted by Gasteiger charge is -2.11. The molecule has 1 atom stereocenters. The predicted molar refractivity (Wildman–Crippen MR) is 70.4 cm³/mol. The fourth-order valence-corrected chi connectivity index (χ4v) is 1.96. The van der Waals surface area contributed by atoms with Crippen molar-refractivity contribution in [1.29, 1.82) is 0 Å². The van der Waals surface area contributed by atoms with E-state index in [0.717, 1.165) is 12.8 Å². The van der Waals surface area contributed by atoms with Crippen LogP contribution >= 0.6 is 0 Å². The number of hydrogen-bond acceptors (Lipinski definition) is 2. The molecule has 1 N–H and O–H groups in total. The molecule has 0 saturated heterocycles. The summed E-state index contributed by atoms with van der Waals surface area (Å²) in [5.41, 5.74) is 0.454. The lowest BCUT2D eigenvalue weighted by molar-refractivity contribution is 0.0919. The van der Waals surface area contributed by atoms with E-state index in [-0.39, 0.29) is 17.5 Å². The molecule has 0 spiro atoms. The van der Waals surface area contributed by atoms with E-state index in [1.807, 2.05) is 6.92 Å². The smallest absolute Gasteiger partial charge is 0.169 e. The minimum absolute atomic E-state index is 0.000145. The van der Waals surface area contributed by atoms with Crippen LogP contribution in [0, 0.1) is 5.92 Å². The molecule has 1 aromatic rings. The first-order valence-corrected chi connectivity index (χ1v) is 6.49. The number of phenolic OH excluding ortho intramolecular Hbond substituents is 1. The maximum Gasteiger partial charge on any atom is 0.169 e. The number of para-hydroxylation sites is 1. The third-order valence-corrected chi connectivity index (χ3v) is 3.11. The van der Waals surface area contributed by atoms with Gasteiger partial charge in [-0.3, -0.25) is 4.79 Å². The maximum absolute atomic E-state index is 12.1. The van der Waals surface area contributed by atoms with Crippen LogP contribution in [0.25, 0.3) is 0 Å². The number of rotatable bonds is 7. The monoisotopic (exact) mass is 234 g/mol. The van der Waals surface area contributed by atoms with Crippen LogP contribution in [0.5, 0.6) is 5.75 Å². The summed E-state index contributed by atoms with van der Waals surface area (Å²) < 4.78 is 0. The van der Waals surface area contributed by atoms with E-state index >= 15 is 0 Å². The Balaban J connectivity index is 2.49. The van der Waals surface area contributed by atoms with Crippen LogP contribution in [-0.2, 0) is 0 Å². The highest BCUT2D eigenvalue weighted by atomic mass is 16.3. The van der Waals surface area contributed by atoms with Gasteiger partial charge in [0, 0.05) is 5.92 Å². The van der Waals surface area contributed by atoms with Gasteiger partial charge in [-0.25, -0.2) is 0 Å². The summed E-state index contributed by atoms with van der Waals surface area (Å²) in [5.74, 6) is 0.151. The van der Waals surface area contributed by atoms with Crippen molar-refractivity contribution in [1.82, 2.24) is 0 Å². The van der Waals surface area contributed by atoms with Gasteiger partial charge in [0.1, 0.15) is 5.75 Å². The van der Waals surface area contributed by atoms with Crippen LogP contribution in [0.15, 0.2) is 24.3 Å². The SMILES string of the molecule is CCCCCCC(C)C(=O)c1ccccc1O. The normalized spacial score (nSPS) is 12.4. The summed E-state index contributed by atoms with van der Waals surface area (Å²) in [6.07, 6.45) is 5.63. The summed E-state index contributed by atoms with van der Waals surface area (Å²) >= 11 is 0. The third-order valence-electron chi connectivity index (χ3n) is 3.11. The minimum atomic E-state index is 0.000145. The molecule has 2 nitrogen and oxygen atoms in total. The first-order valence-electron chi connectivity index (χ1n) is 6.49. The van der Waals surface area contributed by atoms with Crippen molar-refractivity contribution in [2.24, 2.45) is 5.92 Å². The molecule has 0 bridgehead atoms. The van der Waals surface area contributed by atoms with Crippen LogP contribution in [-0.4, -0.2) is 10.9 Å². The van der Waals surface area contributed by atoms with E-state index < -0.39 is 0 Å². The molecule has 0 aliphatic carbocycles. The van der Waals surface area contributed by atoms with Crippen molar-refractivity contribution in [3.8, 4) is 5.75 Å². The predicted octanol–water partition coefficient (Wildman–Crippen LogP) is 4.18. The van der Waals surface area contributed by atoms with Crippen LogP contribution in [0.3, 0.4) is 0 Å². The molecule has 17 heavy (non-hydrogen) atoms. The lowest BCUT2D eigenvalue weighted by Crippen LogP contribution is -2.11. The highest BCUT2D eigenvalue weighted by Crippen LogP contribution is 2.22. The lowest BCUT2D eigenvalue weighted by atomic mass is 9.93. The molecule has 0 amide bonds. The van der Waals surface area contributed by atoms with Crippen molar-refractivity contribution >= 4 is 5.78 Å². The highest BCUT2D eigenvalue weighted by Gasteiger charge is 2.17. The van der Waals surface area contributed by atoms with Crippen LogP contribution < -0.4 is 0 Å². The Morgan fingerprint density at radius 3 is 2.59 bits per heavy atom. The molecule has 1 unspecified atom stereocenters. The Labute approximate surface area is 104 Å². The standard InChI is InChI=1S/C15H22O2/c1-3-4-5-6-9-12(2)15(17)13-10-7-8-11-14(13)16/h7-8,10-12,16H,3-6,9H2,1-2H3. The second kappa shape index (κ2) is 7.10. The number of ketones is 1. The van der Waals surface area contributed by atoms with Gasteiger partial charge in [-0.1, -0.05) is 51.7 Å². The zero-order valence-corrected chi connectivity index (χ0v) is 10.8. The Hall–Kier alpha value is -1.31. The number of Topliss-reactive ketones (excluding diaryl/α,β-unsaturated/α-hetero) is 1. The highest BCUT2D eigenvalue weighted by molar-refractivity contribution is 5.99. The average Bonchev–Trinajstić information content (AvgIpc) is 2.34. The molecule has 0 saturated carbocycles. The van der Waals surface area contributed by atoms with Gasteiger partial charge in [-0.15, -0.1) is 0 Å². The molecule has 0 fully saturated rings. The third kappa shape index (κ3) is 4.22. The maximum atomic E-state index is 12.1. The van der Waals surface area contributed by atoms with Crippen molar-refractivity contribution in [2.75, 3.05) is 0 Å². The van der Waals surface area contributed by atoms with Crippen molar-refractivity contribution in [2.45, 2.75) is 46.0 Å². The fourth-order valence-electron chi connectivity index (χ4n) is 1.96. The zero-order valence-electron chi connectivity index (χ0n) is 10.8. The molecular formula is C15H22O2. The minimum Gasteiger partial charge on any atom is -0.507 e. The number of carbonyl (C=O) groups is 1. The van der Waals surface area contributed by atoms with Gasteiger partial charge >= 0.3 is 0 Å². The molecule has 0 aliphatic heterocycles. The first-order chi connectivity index (χ1) is 8.16. The van der Waals surface area contributed by atoms with E-state index in [0.29, 0.717) is 5.56 Å². The van der Waals surface area contributed by atoms with E-state index in [4.69, 9.17) is 0 Å². The van der Waals surface area contributed by atoms with E-state index in [9.17, 15) is 9.90 Å². The van der Waals surface area contributed by atoms with Crippen molar-refractivity contribution < 1.29 is 9.90 Å². The van der Waals surface area contributed by atoms with Crippen molar-refractivity contribution in [3.05, 3.63) is 29.8 Å². The molecular weight excluding hydrogens is 212 g/mol. The van der Waals surface area contributed by atoms with E-state index in [2.05, 4.69) is 6.92 Å². The average molecular weight is 234 g/mol. The van der Waals surface area contributed by atoms with Crippen LogP contribution in [0.4, 0.5) is 0 Å². The van der Waals surface area contributed by atoms with Gasteiger partial charge in [0.05, 0.1) is 5.56 Å². The fraction of sp³-hybridized carbons (Fsp3) is 0.533. The molecule has 0 aromatic heterocycles. The topological polar surface area (TPSA) is 37.3 Å². The number of hydrogen-bond donors (Lipinski definition) is 1.